The molecule has 3 nitrogen and oxygen atoms in total. The van der Waals surface area contributed by atoms with Crippen LogP contribution in [0, 0.1) is 11.8 Å². The first-order valence-corrected chi connectivity index (χ1v) is 2.77. The van der Waals surface area contributed by atoms with Gasteiger partial charge in [-0.2, -0.15) is 0 Å². The summed E-state index contributed by atoms with van der Waals surface area (Å²) in [6, 6.07) is 0. The fraction of sp³-hybridized carbons (Fsp3) is 0.667. The molecule has 0 bridgehead atoms. The van der Waals surface area contributed by atoms with E-state index in [0.717, 1.165) is 19.4 Å². The molecule has 0 unspecified atom stereocenters. The third kappa shape index (κ3) is 3.49. The van der Waals surface area contributed by atoms with Crippen LogP contribution in [0.4, 0.5) is 0 Å². The van der Waals surface area contributed by atoms with Crippen molar-refractivity contribution in [3.05, 3.63) is 6.57 Å². The van der Waals surface area contributed by atoms with Gasteiger partial charge in [0.05, 0.1) is 0 Å². The molecule has 1 amide bonds. The second kappa shape index (κ2) is 6.60. The molecule has 60 valence electrons. The minimum Gasteiger partial charge on any atom is -0.512 e. The summed E-state index contributed by atoms with van der Waals surface area (Å²) in [7, 11) is 1.84. The monoisotopic (exact) mass is 188 g/mol. The van der Waals surface area contributed by atoms with Crippen LogP contribution in [0.15, 0.2) is 0 Å². The zero-order chi connectivity index (χ0) is 7.28. The zero-order valence-corrected chi connectivity index (χ0v) is 6.67. The Bertz CT molecular complexity index is 124. The van der Waals surface area contributed by atoms with Crippen LogP contribution in [-0.2, 0) is 21.9 Å². The fourth-order valence-corrected chi connectivity index (χ4v) is 0.783. The standard InChI is InChI=1S/C5H9NO.CN.Cu/c1-6-4-2-3-5(6)7;1-2;/h2-4H2,1H3;;/q;-1;+1. The SMILES string of the molecule is CN1CCCC1=O.[C-]#N.[Cu+]. The molecule has 0 aromatic rings. The van der Waals surface area contributed by atoms with Crippen molar-refractivity contribution >= 4 is 5.91 Å². The van der Waals surface area contributed by atoms with Crippen LogP contribution in [0.2, 0.25) is 0 Å². The van der Waals surface area contributed by atoms with Crippen LogP contribution in [0.1, 0.15) is 12.8 Å². The van der Waals surface area contributed by atoms with Gasteiger partial charge in [0.15, 0.2) is 0 Å². The number of hydrogen-bond acceptors (Lipinski definition) is 2. The Kier molecular flexibility index (Phi) is 8.04. The third-order valence-corrected chi connectivity index (χ3v) is 1.31. The average Bonchev–Trinajstić information content (AvgIpc) is 2.23. The molecule has 0 aromatic heterocycles. The van der Waals surface area contributed by atoms with Crippen molar-refractivity contribution in [2.24, 2.45) is 0 Å². The largest absolute Gasteiger partial charge is 1.00 e. The van der Waals surface area contributed by atoms with Gasteiger partial charge in [-0.25, -0.2) is 0 Å². The van der Waals surface area contributed by atoms with Crippen LogP contribution in [-0.4, -0.2) is 24.4 Å². The van der Waals surface area contributed by atoms with E-state index in [-0.39, 0.29) is 17.1 Å². The number of rotatable bonds is 0. The number of likely N-dealkylation sites (tertiary alicyclic amines) is 1. The third-order valence-electron chi connectivity index (χ3n) is 1.31. The second-order valence-corrected chi connectivity index (χ2v) is 1.92. The molecule has 1 saturated heterocycles. The van der Waals surface area contributed by atoms with E-state index in [1.54, 1.807) is 4.90 Å². The predicted molar refractivity (Wildman–Crippen MR) is 31.8 cm³/mol. The van der Waals surface area contributed by atoms with Crippen molar-refractivity contribution in [2.45, 2.75) is 12.8 Å². The first kappa shape index (κ1) is 12.2. The fourth-order valence-electron chi connectivity index (χ4n) is 0.783. The van der Waals surface area contributed by atoms with Gasteiger partial charge in [0, 0.05) is 20.0 Å². The van der Waals surface area contributed by atoms with Gasteiger partial charge < -0.3 is 16.7 Å². The quantitative estimate of drug-likeness (QED) is 0.406. The molecule has 1 aliphatic rings. The van der Waals surface area contributed by atoms with Gasteiger partial charge in [0.25, 0.3) is 0 Å². The summed E-state index contributed by atoms with van der Waals surface area (Å²) in [4.78, 5) is 12.3. The number of amides is 1. The van der Waals surface area contributed by atoms with Crippen LogP contribution in [0.5, 0.6) is 0 Å². The zero-order valence-electron chi connectivity index (χ0n) is 5.73. The van der Waals surface area contributed by atoms with Crippen LogP contribution in [0.3, 0.4) is 0 Å². The summed E-state index contributed by atoms with van der Waals surface area (Å²) in [6.45, 7) is 5.71. The molecule has 1 aliphatic heterocycles. The first-order chi connectivity index (χ1) is 4.30. The van der Waals surface area contributed by atoms with Crippen molar-refractivity contribution in [3.63, 3.8) is 0 Å². The van der Waals surface area contributed by atoms with Gasteiger partial charge >= 0.3 is 17.1 Å². The molecular formula is C6H9CuN2O. The maximum absolute atomic E-state index is 10.5. The van der Waals surface area contributed by atoms with Crippen LogP contribution < -0.4 is 0 Å². The Hall–Kier alpha value is -0.521. The average molecular weight is 189 g/mol. The molecular weight excluding hydrogens is 180 g/mol. The molecule has 0 aliphatic carbocycles. The minimum absolute atomic E-state index is 0. The second-order valence-electron chi connectivity index (χ2n) is 1.92. The molecule has 1 heterocycles. The van der Waals surface area contributed by atoms with Crippen molar-refractivity contribution < 1.29 is 21.9 Å². The summed E-state index contributed by atoms with van der Waals surface area (Å²) >= 11 is 0. The molecule has 1 fully saturated rings. The van der Waals surface area contributed by atoms with E-state index in [0.29, 0.717) is 5.91 Å². The van der Waals surface area contributed by atoms with Gasteiger partial charge in [-0.15, -0.1) is 0 Å². The summed E-state index contributed by atoms with van der Waals surface area (Å²) < 4.78 is 0. The topological polar surface area (TPSA) is 44.1 Å². The van der Waals surface area contributed by atoms with Crippen molar-refractivity contribution in [3.8, 4) is 0 Å². The van der Waals surface area contributed by atoms with Crippen LogP contribution in [0.25, 0.3) is 0 Å². The Labute approximate surface area is 71.5 Å². The number of hydrogen-bond donors (Lipinski definition) is 0. The molecule has 0 aromatic carbocycles. The Morgan fingerprint density at radius 3 is 2.20 bits per heavy atom. The van der Waals surface area contributed by atoms with Crippen molar-refractivity contribution in [1.82, 2.24) is 4.90 Å². The van der Waals surface area contributed by atoms with Crippen LogP contribution >= 0.6 is 0 Å². The maximum Gasteiger partial charge on any atom is 1.00 e. The Balaban J connectivity index is 0. The molecule has 4 heteroatoms. The summed E-state index contributed by atoms with van der Waals surface area (Å²) in [6.07, 6.45) is 1.81. The van der Waals surface area contributed by atoms with Crippen molar-refractivity contribution in [2.75, 3.05) is 13.6 Å². The minimum atomic E-state index is 0. The molecule has 10 heavy (non-hydrogen) atoms. The summed E-state index contributed by atoms with van der Waals surface area (Å²) in [5, 5.41) is 6.25. The van der Waals surface area contributed by atoms with E-state index in [1.165, 1.54) is 0 Å². The van der Waals surface area contributed by atoms with Gasteiger partial charge in [0.2, 0.25) is 5.91 Å². The van der Waals surface area contributed by atoms with E-state index in [1.807, 2.05) is 7.05 Å². The van der Waals surface area contributed by atoms with Gasteiger partial charge in [-0.3, -0.25) is 4.79 Å². The molecule has 0 radical (unpaired) electrons. The van der Waals surface area contributed by atoms with Gasteiger partial charge in [-0.1, -0.05) is 0 Å². The molecule has 0 spiro atoms. The van der Waals surface area contributed by atoms with Gasteiger partial charge in [-0.05, 0) is 6.42 Å². The van der Waals surface area contributed by atoms with E-state index >= 15 is 0 Å². The first-order valence-electron chi connectivity index (χ1n) is 2.77. The Morgan fingerprint density at radius 1 is 1.60 bits per heavy atom. The molecule has 0 N–H and O–H groups in total. The van der Waals surface area contributed by atoms with Crippen molar-refractivity contribution in [1.29, 1.82) is 5.26 Å². The summed E-state index contributed by atoms with van der Waals surface area (Å²) in [5.41, 5.74) is 0. The Morgan fingerprint density at radius 2 is 2.10 bits per heavy atom. The number of carbonyl (C=O) groups excluding carboxylic acids is 1. The maximum atomic E-state index is 10.5. The smallest absolute Gasteiger partial charge is 0.512 e. The van der Waals surface area contributed by atoms with E-state index < -0.39 is 0 Å². The van der Waals surface area contributed by atoms with Gasteiger partial charge in [0.1, 0.15) is 0 Å². The molecule has 1 rings (SSSR count). The van der Waals surface area contributed by atoms with E-state index in [4.69, 9.17) is 11.8 Å². The number of nitrogens with zero attached hydrogens (tertiary/aromatic N) is 2. The number of carbonyl (C=O) groups is 1. The molecule has 0 atom stereocenters. The molecule has 0 saturated carbocycles. The predicted octanol–water partition coefficient (Wildman–Crippen LogP) is 0.332. The normalized spacial score (nSPS) is 15.1. The van der Waals surface area contributed by atoms with E-state index in [2.05, 4.69) is 0 Å². The van der Waals surface area contributed by atoms with E-state index in [9.17, 15) is 4.79 Å². The summed E-state index contributed by atoms with van der Waals surface area (Å²) in [5.74, 6) is 0.292.